The molecule has 0 N–H and O–H groups in total. The Hall–Kier alpha value is -1.28. The Kier molecular flexibility index (Phi) is 3.30. The minimum absolute atomic E-state index is 1.06. The third-order valence-corrected chi connectivity index (χ3v) is 3.33. The SMILES string of the molecule is CSc1ccc(C)c(-c2cccc(C)n2)c1. The summed E-state index contributed by atoms with van der Waals surface area (Å²) in [4.78, 5) is 5.85. The van der Waals surface area contributed by atoms with Gasteiger partial charge in [-0.1, -0.05) is 12.1 Å². The molecule has 2 heteroatoms. The number of aryl methyl sites for hydroxylation is 2. The predicted octanol–water partition coefficient (Wildman–Crippen LogP) is 4.09. The molecular formula is C14H15NS. The molecule has 0 aliphatic rings. The fourth-order valence-electron chi connectivity index (χ4n) is 1.70. The highest BCUT2D eigenvalue weighted by atomic mass is 32.2. The molecule has 0 bridgehead atoms. The number of hydrogen-bond donors (Lipinski definition) is 0. The molecule has 0 unspecified atom stereocenters. The number of pyridine rings is 1. The molecule has 82 valence electrons. The predicted molar refractivity (Wildman–Crippen MR) is 70.9 cm³/mol. The Morgan fingerprint density at radius 2 is 1.88 bits per heavy atom. The van der Waals surface area contributed by atoms with E-state index in [4.69, 9.17) is 0 Å². The Morgan fingerprint density at radius 1 is 1.06 bits per heavy atom. The van der Waals surface area contributed by atoms with Crippen molar-refractivity contribution in [1.29, 1.82) is 0 Å². The summed E-state index contributed by atoms with van der Waals surface area (Å²) >= 11 is 1.76. The van der Waals surface area contributed by atoms with Crippen molar-refractivity contribution >= 4 is 11.8 Å². The quantitative estimate of drug-likeness (QED) is 0.719. The zero-order chi connectivity index (χ0) is 11.5. The molecule has 0 fully saturated rings. The molecule has 0 saturated heterocycles. The molecule has 1 aromatic carbocycles. The molecular weight excluding hydrogens is 214 g/mol. The van der Waals surface area contributed by atoms with E-state index in [-0.39, 0.29) is 0 Å². The summed E-state index contributed by atoms with van der Waals surface area (Å²) in [6.07, 6.45) is 2.10. The van der Waals surface area contributed by atoms with Gasteiger partial charge >= 0.3 is 0 Å². The molecule has 0 amide bonds. The van der Waals surface area contributed by atoms with Crippen molar-refractivity contribution in [3.8, 4) is 11.3 Å². The first-order chi connectivity index (χ1) is 7.70. The molecule has 1 heterocycles. The monoisotopic (exact) mass is 229 g/mol. The van der Waals surface area contributed by atoms with E-state index in [9.17, 15) is 0 Å². The fraction of sp³-hybridized carbons (Fsp3) is 0.214. The zero-order valence-corrected chi connectivity index (χ0v) is 10.6. The minimum atomic E-state index is 1.06. The highest BCUT2D eigenvalue weighted by Gasteiger charge is 2.04. The number of nitrogens with zero attached hydrogens (tertiary/aromatic N) is 1. The maximum Gasteiger partial charge on any atom is 0.0708 e. The standard InChI is InChI=1S/C14H15NS/c1-10-7-8-12(16-3)9-13(10)14-6-4-5-11(2)15-14/h4-9H,1-3H3. The van der Waals surface area contributed by atoms with Gasteiger partial charge in [-0.2, -0.15) is 0 Å². The number of rotatable bonds is 2. The molecule has 0 aliphatic carbocycles. The van der Waals surface area contributed by atoms with Crippen LogP contribution in [0.4, 0.5) is 0 Å². The first kappa shape index (κ1) is 11.2. The van der Waals surface area contributed by atoms with Gasteiger partial charge in [-0.25, -0.2) is 0 Å². The van der Waals surface area contributed by atoms with Gasteiger partial charge in [0, 0.05) is 16.2 Å². The molecule has 2 aromatic rings. The molecule has 1 aromatic heterocycles. The van der Waals surface area contributed by atoms with Gasteiger partial charge in [0.05, 0.1) is 5.69 Å². The van der Waals surface area contributed by atoms with E-state index >= 15 is 0 Å². The van der Waals surface area contributed by atoms with Crippen molar-refractivity contribution < 1.29 is 0 Å². The van der Waals surface area contributed by atoms with Crippen LogP contribution in [0, 0.1) is 13.8 Å². The molecule has 2 rings (SSSR count). The number of thioether (sulfide) groups is 1. The van der Waals surface area contributed by atoms with Crippen LogP contribution in [0.1, 0.15) is 11.3 Å². The normalized spacial score (nSPS) is 10.4. The van der Waals surface area contributed by atoms with Crippen LogP contribution in [0.3, 0.4) is 0 Å². The van der Waals surface area contributed by atoms with Gasteiger partial charge in [0.1, 0.15) is 0 Å². The van der Waals surface area contributed by atoms with Crippen LogP contribution in [0.25, 0.3) is 11.3 Å². The van der Waals surface area contributed by atoms with Crippen LogP contribution in [0.15, 0.2) is 41.3 Å². The van der Waals surface area contributed by atoms with Crippen LogP contribution >= 0.6 is 11.8 Å². The lowest BCUT2D eigenvalue weighted by Crippen LogP contribution is -1.89. The van der Waals surface area contributed by atoms with Gasteiger partial charge in [0.15, 0.2) is 0 Å². The average Bonchev–Trinajstić information content (AvgIpc) is 2.30. The van der Waals surface area contributed by atoms with Gasteiger partial charge < -0.3 is 0 Å². The summed E-state index contributed by atoms with van der Waals surface area (Å²) in [6, 6.07) is 12.7. The van der Waals surface area contributed by atoms with Crippen LogP contribution < -0.4 is 0 Å². The molecule has 0 radical (unpaired) electrons. The second-order valence-corrected chi connectivity index (χ2v) is 4.72. The van der Waals surface area contributed by atoms with Crippen LogP contribution in [-0.4, -0.2) is 11.2 Å². The average molecular weight is 229 g/mol. The summed E-state index contributed by atoms with van der Waals surface area (Å²) in [5, 5.41) is 0. The number of benzene rings is 1. The molecule has 0 spiro atoms. The lowest BCUT2D eigenvalue weighted by Gasteiger charge is -2.07. The van der Waals surface area contributed by atoms with Crippen LogP contribution in [0.2, 0.25) is 0 Å². The van der Waals surface area contributed by atoms with Gasteiger partial charge in [0.25, 0.3) is 0 Å². The van der Waals surface area contributed by atoms with Crippen molar-refractivity contribution in [3.63, 3.8) is 0 Å². The summed E-state index contributed by atoms with van der Waals surface area (Å²) in [5.74, 6) is 0. The van der Waals surface area contributed by atoms with Crippen LogP contribution in [-0.2, 0) is 0 Å². The minimum Gasteiger partial charge on any atom is -0.253 e. The van der Waals surface area contributed by atoms with Gasteiger partial charge in [-0.05, 0) is 49.9 Å². The van der Waals surface area contributed by atoms with Crippen molar-refractivity contribution in [2.45, 2.75) is 18.7 Å². The van der Waals surface area contributed by atoms with Crippen molar-refractivity contribution in [1.82, 2.24) is 4.98 Å². The molecule has 0 saturated carbocycles. The van der Waals surface area contributed by atoms with E-state index in [0.29, 0.717) is 0 Å². The van der Waals surface area contributed by atoms with E-state index in [1.54, 1.807) is 11.8 Å². The van der Waals surface area contributed by atoms with Crippen molar-refractivity contribution in [3.05, 3.63) is 47.7 Å². The Bertz CT molecular complexity index is 506. The Labute approximate surface area is 101 Å². The third kappa shape index (κ3) is 2.27. The second-order valence-electron chi connectivity index (χ2n) is 3.85. The Balaban J connectivity index is 2.54. The van der Waals surface area contributed by atoms with E-state index < -0.39 is 0 Å². The van der Waals surface area contributed by atoms with E-state index in [1.807, 2.05) is 13.0 Å². The maximum atomic E-state index is 4.57. The summed E-state index contributed by atoms with van der Waals surface area (Å²) in [7, 11) is 0. The van der Waals surface area contributed by atoms with Crippen molar-refractivity contribution in [2.75, 3.05) is 6.26 Å². The smallest absolute Gasteiger partial charge is 0.0708 e. The maximum absolute atomic E-state index is 4.57. The fourth-order valence-corrected chi connectivity index (χ4v) is 2.14. The van der Waals surface area contributed by atoms with E-state index in [2.05, 4.69) is 48.5 Å². The first-order valence-electron chi connectivity index (χ1n) is 5.29. The largest absolute Gasteiger partial charge is 0.253 e. The molecule has 1 nitrogen and oxygen atoms in total. The van der Waals surface area contributed by atoms with Gasteiger partial charge in [-0.15, -0.1) is 11.8 Å². The summed E-state index contributed by atoms with van der Waals surface area (Å²) < 4.78 is 0. The Morgan fingerprint density at radius 3 is 2.56 bits per heavy atom. The topological polar surface area (TPSA) is 12.9 Å². The molecule has 16 heavy (non-hydrogen) atoms. The summed E-state index contributed by atoms with van der Waals surface area (Å²) in [5.41, 5.74) is 4.63. The van der Waals surface area contributed by atoms with E-state index in [1.165, 1.54) is 16.0 Å². The number of aromatic nitrogens is 1. The van der Waals surface area contributed by atoms with Gasteiger partial charge in [-0.3, -0.25) is 4.98 Å². The zero-order valence-electron chi connectivity index (χ0n) is 9.82. The van der Waals surface area contributed by atoms with Gasteiger partial charge in [0.2, 0.25) is 0 Å². The molecule has 0 atom stereocenters. The first-order valence-corrected chi connectivity index (χ1v) is 6.52. The summed E-state index contributed by atoms with van der Waals surface area (Å²) in [6.45, 7) is 4.15. The lowest BCUT2D eigenvalue weighted by atomic mass is 10.1. The highest BCUT2D eigenvalue weighted by molar-refractivity contribution is 7.98. The van der Waals surface area contributed by atoms with E-state index in [0.717, 1.165) is 11.4 Å². The molecule has 0 aliphatic heterocycles. The third-order valence-electron chi connectivity index (χ3n) is 2.61. The lowest BCUT2D eigenvalue weighted by molar-refractivity contribution is 1.19. The van der Waals surface area contributed by atoms with Crippen LogP contribution in [0.5, 0.6) is 0 Å². The second kappa shape index (κ2) is 4.71. The van der Waals surface area contributed by atoms with Crippen molar-refractivity contribution in [2.24, 2.45) is 0 Å². The highest BCUT2D eigenvalue weighted by Crippen LogP contribution is 2.26. The number of hydrogen-bond acceptors (Lipinski definition) is 2.